The van der Waals surface area contributed by atoms with Crippen molar-refractivity contribution in [1.29, 1.82) is 0 Å². The van der Waals surface area contributed by atoms with Crippen LogP contribution in [-0.2, 0) is 4.79 Å². The van der Waals surface area contributed by atoms with Crippen molar-refractivity contribution in [3.63, 3.8) is 0 Å². The number of benzene rings is 4. The number of ether oxygens (including phenoxy) is 4. The maximum atomic E-state index is 12.7. The molecule has 0 radical (unpaired) electrons. The number of hydrogen-bond donors (Lipinski definition) is 2. The van der Waals surface area contributed by atoms with E-state index in [1.807, 2.05) is 0 Å². The highest BCUT2D eigenvalue weighted by molar-refractivity contribution is 6.30. The van der Waals surface area contributed by atoms with Crippen molar-refractivity contribution in [3.8, 4) is 23.0 Å². The monoisotopic (exact) mass is 597 g/mol. The normalized spacial score (nSPS) is 11.9. The van der Waals surface area contributed by atoms with Crippen LogP contribution in [0.25, 0.3) is 6.08 Å². The number of halogens is 1. The van der Waals surface area contributed by atoms with Crippen LogP contribution in [0.2, 0.25) is 5.02 Å². The van der Waals surface area contributed by atoms with Gasteiger partial charge in [-0.05, 0) is 83.9 Å². The lowest BCUT2D eigenvalue weighted by Crippen LogP contribution is -2.18. The van der Waals surface area contributed by atoms with E-state index in [2.05, 4.69) is 15.8 Å². The second-order valence-electron chi connectivity index (χ2n) is 9.02. The van der Waals surface area contributed by atoms with Crippen LogP contribution in [0, 0.1) is 0 Å². The first-order valence-corrected chi connectivity index (χ1v) is 13.2. The predicted molar refractivity (Wildman–Crippen MR) is 161 cm³/mol. The van der Waals surface area contributed by atoms with Crippen LogP contribution in [0.1, 0.15) is 31.8 Å². The molecule has 1 aliphatic heterocycles. The number of amides is 2. The van der Waals surface area contributed by atoms with E-state index < -0.39 is 11.9 Å². The highest BCUT2D eigenvalue weighted by atomic mass is 35.5. The molecule has 0 atom stereocenters. The molecule has 216 valence electrons. The second kappa shape index (κ2) is 13.4. The van der Waals surface area contributed by atoms with Crippen LogP contribution < -0.4 is 29.7 Å². The fourth-order valence-electron chi connectivity index (χ4n) is 3.94. The Morgan fingerprint density at radius 3 is 2.42 bits per heavy atom. The summed E-state index contributed by atoms with van der Waals surface area (Å²) in [4.78, 5) is 37.7. The average molecular weight is 598 g/mol. The van der Waals surface area contributed by atoms with E-state index in [-0.39, 0.29) is 24.0 Å². The maximum absolute atomic E-state index is 12.7. The Morgan fingerprint density at radius 2 is 1.60 bits per heavy atom. The molecule has 4 aromatic rings. The number of carbonyl (C=O) groups excluding carboxylic acids is 3. The molecule has 0 saturated carbocycles. The van der Waals surface area contributed by atoms with E-state index in [0.717, 1.165) is 5.56 Å². The molecule has 1 aliphatic rings. The van der Waals surface area contributed by atoms with Gasteiger partial charge in [-0.25, -0.2) is 10.2 Å². The Labute approximate surface area is 251 Å². The molecule has 0 aromatic heterocycles. The van der Waals surface area contributed by atoms with Gasteiger partial charge in [-0.2, -0.15) is 5.10 Å². The van der Waals surface area contributed by atoms with E-state index in [9.17, 15) is 14.4 Å². The summed E-state index contributed by atoms with van der Waals surface area (Å²) < 4.78 is 21.3. The van der Waals surface area contributed by atoms with Gasteiger partial charge in [0.25, 0.3) is 11.8 Å². The minimum absolute atomic E-state index is 0.110. The summed E-state index contributed by atoms with van der Waals surface area (Å²) in [6.07, 6.45) is 4.32. The predicted octanol–water partition coefficient (Wildman–Crippen LogP) is 5.71. The minimum Gasteiger partial charge on any atom is -0.493 e. The number of rotatable bonds is 9. The van der Waals surface area contributed by atoms with Gasteiger partial charge in [0, 0.05) is 27.9 Å². The number of esters is 1. The van der Waals surface area contributed by atoms with Crippen molar-refractivity contribution in [1.82, 2.24) is 5.43 Å². The number of nitrogens with zero attached hydrogens (tertiary/aromatic N) is 1. The Hall–Kier alpha value is -5.61. The molecule has 0 fully saturated rings. The highest BCUT2D eigenvalue weighted by Crippen LogP contribution is 2.32. The Morgan fingerprint density at radius 1 is 0.837 bits per heavy atom. The zero-order chi connectivity index (χ0) is 30.2. The standard InChI is InChI=1S/C32H24ClN3O7/c1-40-28-15-21(7-12-27(28)43-30(37)14-8-20-5-10-24(33)11-6-20)18-34-36-32(39)22-3-2-4-25(16-22)35-31(38)23-9-13-26-29(17-23)42-19-41-26/h2-18H,19H2,1H3,(H,35,38)(H,36,39)/b14-8+,34-18?. The lowest BCUT2D eigenvalue weighted by atomic mass is 10.1. The number of hydrogen-bond acceptors (Lipinski definition) is 8. The third kappa shape index (κ3) is 7.57. The highest BCUT2D eigenvalue weighted by Gasteiger charge is 2.17. The van der Waals surface area contributed by atoms with Crippen molar-refractivity contribution >= 4 is 47.4 Å². The Kier molecular flexibility index (Phi) is 8.99. The molecule has 0 aliphatic carbocycles. The van der Waals surface area contributed by atoms with Crippen molar-refractivity contribution in [3.05, 3.63) is 118 Å². The number of fused-ring (bicyclic) bond motifs is 1. The van der Waals surface area contributed by atoms with Gasteiger partial charge in [-0.1, -0.05) is 29.8 Å². The molecule has 2 amide bonds. The summed E-state index contributed by atoms with van der Waals surface area (Å²) in [6.45, 7) is 0.110. The molecule has 0 unspecified atom stereocenters. The molecule has 43 heavy (non-hydrogen) atoms. The van der Waals surface area contributed by atoms with Crippen LogP contribution in [0.15, 0.2) is 96.1 Å². The van der Waals surface area contributed by atoms with Crippen LogP contribution >= 0.6 is 11.6 Å². The molecule has 2 N–H and O–H groups in total. The lowest BCUT2D eigenvalue weighted by Gasteiger charge is -2.09. The molecular weight excluding hydrogens is 574 g/mol. The van der Waals surface area contributed by atoms with Gasteiger partial charge in [0.1, 0.15) is 0 Å². The number of nitrogens with one attached hydrogen (secondary N) is 2. The molecular formula is C32H24ClN3O7. The van der Waals surface area contributed by atoms with Crippen molar-refractivity contribution in [2.45, 2.75) is 0 Å². The number of methoxy groups -OCH3 is 1. The fourth-order valence-corrected chi connectivity index (χ4v) is 4.06. The SMILES string of the molecule is COc1cc(C=NNC(=O)c2cccc(NC(=O)c3ccc4c(c3)OCO4)c2)ccc1OC(=O)/C=C/c1ccc(Cl)cc1. The van der Waals surface area contributed by atoms with Gasteiger partial charge in [-0.15, -0.1) is 0 Å². The Balaban J connectivity index is 1.17. The molecule has 4 aromatic carbocycles. The van der Waals surface area contributed by atoms with E-state index >= 15 is 0 Å². The number of anilines is 1. The summed E-state index contributed by atoms with van der Waals surface area (Å²) in [5.41, 5.74) is 4.92. The topological polar surface area (TPSA) is 125 Å². The van der Waals surface area contributed by atoms with Crippen molar-refractivity contribution < 1.29 is 33.3 Å². The van der Waals surface area contributed by atoms with Crippen molar-refractivity contribution in [2.75, 3.05) is 19.2 Å². The molecule has 5 rings (SSSR count). The van der Waals surface area contributed by atoms with Crippen LogP contribution in [0.3, 0.4) is 0 Å². The molecule has 0 bridgehead atoms. The first-order chi connectivity index (χ1) is 20.9. The number of hydrazone groups is 1. The largest absolute Gasteiger partial charge is 0.493 e. The van der Waals surface area contributed by atoms with Gasteiger partial charge < -0.3 is 24.3 Å². The first kappa shape index (κ1) is 28.9. The van der Waals surface area contributed by atoms with Crippen LogP contribution in [0.4, 0.5) is 5.69 Å². The summed E-state index contributed by atoms with van der Waals surface area (Å²) in [6, 6.07) is 23.1. The molecule has 0 saturated heterocycles. The van der Waals surface area contributed by atoms with Gasteiger partial charge in [0.05, 0.1) is 13.3 Å². The van der Waals surface area contributed by atoms with E-state index in [4.69, 9.17) is 30.5 Å². The van der Waals surface area contributed by atoms with Crippen LogP contribution in [0.5, 0.6) is 23.0 Å². The average Bonchev–Trinajstić information content (AvgIpc) is 3.50. The zero-order valence-corrected chi connectivity index (χ0v) is 23.5. The summed E-state index contributed by atoms with van der Waals surface area (Å²) in [5.74, 6) is 0.149. The second-order valence-corrected chi connectivity index (χ2v) is 9.45. The minimum atomic E-state index is -0.587. The molecule has 1 heterocycles. The van der Waals surface area contributed by atoms with Gasteiger partial charge in [0.2, 0.25) is 6.79 Å². The first-order valence-electron chi connectivity index (χ1n) is 12.9. The lowest BCUT2D eigenvalue weighted by molar-refractivity contribution is -0.129. The molecule has 10 nitrogen and oxygen atoms in total. The Bertz CT molecular complexity index is 1740. The summed E-state index contributed by atoms with van der Waals surface area (Å²) in [5, 5.41) is 7.37. The van der Waals surface area contributed by atoms with E-state index in [1.54, 1.807) is 84.9 Å². The van der Waals surface area contributed by atoms with E-state index in [0.29, 0.717) is 39.1 Å². The summed E-state index contributed by atoms with van der Waals surface area (Å²) >= 11 is 5.88. The van der Waals surface area contributed by atoms with Gasteiger partial charge >= 0.3 is 5.97 Å². The van der Waals surface area contributed by atoms with Crippen LogP contribution in [-0.4, -0.2) is 37.9 Å². The van der Waals surface area contributed by atoms with Gasteiger partial charge in [-0.3, -0.25) is 9.59 Å². The fraction of sp³-hybridized carbons (Fsp3) is 0.0625. The third-order valence-corrected chi connectivity index (χ3v) is 6.33. The van der Waals surface area contributed by atoms with Crippen molar-refractivity contribution in [2.24, 2.45) is 5.10 Å². The molecule has 11 heteroatoms. The summed E-state index contributed by atoms with van der Waals surface area (Å²) in [7, 11) is 1.44. The molecule has 0 spiro atoms. The van der Waals surface area contributed by atoms with E-state index in [1.165, 1.54) is 25.5 Å². The number of carbonyl (C=O) groups is 3. The zero-order valence-electron chi connectivity index (χ0n) is 22.7. The maximum Gasteiger partial charge on any atom is 0.336 e. The quantitative estimate of drug-likeness (QED) is 0.0832. The smallest absolute Gasteiger partial charge is 0.336 e. The van der Waals surface area contributed by atoms with Gasteiger partial charge in [0.15, 0.2) is 23.0 Å². The third-order valence-electron chi connectivity index (χ3n) is 6.08.